The Morgan fingerprint density at radius 3 is 2.91 bits per heavy atom. The number of ketones is 1. The van der Waals surface area contributed by atoms with Gasteiger partial charge in [-0.3, -0.25) is 0 Å². The van der Waals surface area contributed by atoms with E-state index in [4.69, 9.17) is 20.8 Å². The SMILES string of the molecule is CC(=O)CC[C@H]1C[C@H]2C=CC(N)=C(C(=O)OCI)C2OB1N. The van der Waals surface area contributed by atoms with E-state index in [1.54, 1.807) is 13.0 Å². The van der Waals surface area contributed by atoms with Crippen LogP contribution in [0.2, 0.25) is 5.82 Å². The number of rotatable bonds is 5. The van der Waals surface area contributed by atoms with E-state index in [1.807, 2.05) is 28.7 Å². The fourth-order valence-corrected chi connectivity index (χ4v) is 3.25. The lowest BCUT2D eigenvalue weighted by molar-refractivity contribution is -0.138. The van der Waals surface area contributed by atoms with Gasteiger partial charge in [0, 0.05) is 18.0 Å². The molecule has 1 aliphatic heterocycles. The molecule has 2 rings (SSSR count). The van der Waals surface area contributed by atoms with E-state index in [0.29, 0.717) is 24.1 Å². The van der Waals surface area contributed by atoms with Gasteiger partial charge in [-0.25, -0.2) is 4.79 Å². The van der Waals surface area contributed by atoms with Crippen molar-refractivity contribution in [3.05, 3.63) is 23.4 Å². The Labute approximate surface area is 143 Å². The highest BCUT2D eigenvalue weighted by molar-refractivity contribution is 14.1. The second kappa shape index (κ2) is 7.61. The number of hydrogen-bond donors (Lipinski definition) is 2. The smallest absolute Gasteiger partial charge is 0.380 e. The molecule has 3 atom stereocenters. The highest BCUT2D eigenvalue weighted by atomic mass is 127. The van der Waals surface area contributed by atoms with Crippen LogP contribution in [0, 0.1) is 5.92 Å². The predicted octanol–water partition coefficient (Wildman–Crippen LogP) is 1.30. The molecule has 0 aromatic heterocycles. The van der Waals surface area contributed by atoms with Gasteiger partial charge in [0.05, 0.1) is 11.7 Å². The van der Waals surface area contributed by atoms with Gasteiger partial charge in [0.2, 0.25) is 0 Å². The molecule has 0 spiro atoms. The summed E-state index contributed by atoms with van der Waals surface area (Å²) < 4.78 is 11.2. The minimum atomic E-state index is -0.512. The molecule has 0 aromatic rings. The van der Waals surface area contributed by atoms with Gasteiger partial charge in [-0.05, 0) is 54.2 Å². The molecule has 2 aliphatic rings. The number of carbonyl (C=O) groups excluding carboxylic acids is 2. The molecule has 0 saturated carbocycles. The first-order chi connectivity index (χ1) is 10.4. The summed E-state index contributed by atoms with van der Waals surface area (Å²) in [4.78, 5) is 23.3. The normalized spacial score (nSPS) is 27.6. The summed E-state index contributed by atoms with van der Waals surface area (Å²) in [6.45, 7) is 1.57. The van der Waals surface area contributed by atoms with Gasteiger partial charge >= 0.3 is 13.0 Å². The maximum absolute atomic E-state index is 12.1. The number of carbonyl (C=O) groups is 2. The number of nitrogens with two attached hydrogens (primary N) is 2. The van der Waals surface area contributed by atoms with Crippen LogP contribution in [0.4, 0.5) is 0 Å². The van der Waals surface area contributed by atoms with E-state index in [9.17, 15) is 9.59 Å². The summed E-state index contributed by atoms with van der Waals surface area (Å²) >= 11 is 1.96. The van der Waals surface area contributed by atoms with Crippen molar-refractivity contribution in [1.29, 1.82) is 0 Å². The van der Waals surface area contributed by atoms with Crippen LogP contribution in [0.5, 0.6) is 0 Å². The number of ether oxygens (including phenoxy) is 1. The molecule has 1 unspecified atom stereocenters. The third-order valence-electron chi connectivity index (χ3n) is 4.12. The number of allylic oxidation sites excluding steroid dienone is 1. The minimum Gasteiger partial charge on any atom is -0.452 e. The zero-order chi connectivity index (χ0) is 16.3. The van der Waals surface area contributed by atoms with Crippen LogP contribution in [0.25, 0.3) is 0 Å². The summed E-state index contributed by atoms with van der Waals surface area (Å²) in [5.41, 5.74) is 12.7. The lowest BCUT2D eigenvalue weighted by atomic mass is 9.58. The summed E-state index contributed by atoms with van der Waals surface area (Å²) in [7, 11) is -0.512. The highest BCUT2D eigenvalue weighted by Crippen LogP contribution is 2.39. The van der Waals surface area contributed by atoms with E-state index >= 15 is 0 Å². The van der Waals surface area contributed by atoms with Crippen molar-refractivity contribution in [3.63, 3.8) is 0 Å². The third-order valence-corrected chi connectivity index (χ3v) is 4.43. The van der Waals surface area contributed by atoms with Crippen molar-refractivity contribution in [2.75, 3.05) is 4.61 Å². The summed E-state index contributed by atoms with van der Waals surface area (Å²) in [6, 6.07) is 0. The highest BCUT2D eigenvalue weighted by Gasteiger charge is 2.43. The zero-order valence-corrected chi connectivity index (χ0v) is 14.6. The Hall–Kier alpha value is -0.865. The van der Waals surface area contributed by atoms with E-state index in [-0.39, 0.29) is 22.1 Å². The van der Waals surface area contributed by atoms with Gasteiger partial charge in [0.15, 0.2) is 0 Å². The van der Waals surface area contributed by atoms with Gasteiger partial charge in [0.1, 0.15) is 10.4 Å². The van der Waals surface area contributed by atoms with Gasteiger partial charge in [-0.1, -0.05) is 6.08 Å². The van der Waals surface area contributed by atoms with Gasteiger partial charge in [-0.15, -0.1) is 0 Å². The van der Waals surface area contributed by atoms with Gasteiger partial charge in [-0.2, -0.15) is 0 Å². The fraction of sp³-hybridized carbons (Fsp3) is 0.571. The standard InChI is InChI=1S/C14H20BIN2O4/c1-8(19)2-4-10-6-9-3-5-11(17)12(14(20)21-7-16)13(9)22-15(10)18/h3,5,9-10,13H,2,4,6-7,17-18H2,1H3/t9-,10+,13?/m1/s1. The lowest BCUT2D eigenvalue weighted by Crippen LogP contribution is -2.50. The van der Waals surface area contributed by atoms with Crippen LogP contribution in [0.3, 0.4) is 0 Å². The molecular weight excluding hydrogens is 398 g/mol. The van der Waals surface area contributed by atoms with Crippen molar-refractivity contribution in [2.24, 2.45) is 17.3 Å². The lowest BCUT2D eigenvalue weighted by Gasteiger charge is -2.39. The molecule has 0 bridgehead atoms. The number of alkyl halides is 1. The minimum absolute atomic E-state index is 0.0285. The van der Waals surface area contributed by atoms with Crippen LogP contribution in [-0.2, 0) is 19.0 Å². The predicted molar refractivity (Wildman–Crippen MR) is 91.9 cm³/mol. The Morgan fingerprint density at radius 2 is 2.27 bits per heavy atom. The maximum Gasteiger partial charge on any atom is 0.380 e. The average Bonchev–Trinajstić information content (AvgIpc) is 2.45. The van der Waals surface area contributed by atoms with Crippen molar-refractivity contribution >= 4 is 41.4 Å². The first-order valence-corrected chi connectivity index (χ1v) is 8.78. The topological polar surface area (TPSA) is 105 Å². The van der Waals surface area contributed by atoms with Gasteiger partial charge in [0.25, 0.3) is 0 Å². The monoisotopic (exact) mass is 418 g/mol. The zero-order valence-electron chi connectivity index (χ0n) is 12.5. The molecule has 4 N–H and O–H groups in total. The largest absolute Gasteiger partial charge is 0.452 e. The van der Waals surface area contributed by atoms with Crippen molar-refractivity contribution in [3.8, 4) is 0 Å². The van der Waals surface area contributed by atoms with Crippen molar-refractivity contribution in [2.45, 2.75) is 38.1 Å². The van der Waals surface area contributed by atoms with Crippen LogP contribution >= 0.6 is 22.6 Å². The van der Waals surface area contributed by atoms with E-state index in [0.717, 1.165) is 6.42 Å². The van der Waals surface area contributed by atoms with Gasteiger partial charge < -0.3 is 25.6 Å². The summed E-state index contributed by atoms with van der Waals surface area (Å²) in [5, 5.41) is 0. The van der Waals surface area contributed by atoms with E-state index < -0.39 is 19.1 Å². The Balaban J connectivity index is 2.12. The molecule has 0 radical (unpaired) electrons. The molecule has 0 amide bonds. The maximum atomic E-state index is 12.1. The number of hydrogen-bond acceptors (Lipinski definition) is 6. The third kappa shape index (κ3) is 3.91. The molecule has 1 fully saturated rings. The summed E-state index contributed by atoms with van der Waals surface area (Å²) in [5.74, 6) is -0.193. The molecule has 1 heterocycles. The molecular formula is C14H20BIN2O4. The molecule has 120 valence electrons. The molecule has 1 saturated heterocycles. The van der Waals surface area contributed by atoms with Crippen LogP contribution in [-0.4, -0.2) is 29.5 Å². The Bertz CT molecular complexity index is 523. The van der Waals surface area contributed by atoms with Crippen LogP contribution in [0.1, 0.15) is 26.2 Å². The Kier molecular flexibility index (Phi) is 6.05. The number of fused-ring (bicyclic) bond motifs is 1. The van der Waals surface area contributed by atoms with Crippen LogP contribution in [0.15, 0.2) is 23.4 Å². The fourth-order valence-electron chi connectivity index (χ4n) is 2.96. The van der Waals surface area contributed by atoms with E-state index in [1.165, 1.54) is 0 Å². The summed E-state index contributed by atoms with van der Waals surface area (Å²) in [6.07, 6.45) is 5.17. The number of Topliss-reactive ketones (excluding diaryl/α,β-unsaturated/α-hetero) is 1. The molecule has 0 aromatic carbocycles. The number of halogens is 1. The quantitative estimate of drug-likeness (QED) is 0.302. The second-order valence-corrected chi connectivity index (χ2v) is 6.31. The van der Waals surface area contributed by atoms with E-state index in [2.05, 4.69) is 0 Å². The number of esters is 1. The van der Waals surface area contributed by atoms with Crippen LogP contribution < -0.4 is 11.4 Å². The Morgan fingerprint density at radius 1 is 1.55 bits per heavy atom. The van der Waals surface area contributed by atoms with Crippen molar-refractivity contribution < 1.29 is 19.0 Å². The average molecular weight is 418 g/mol. The molecule has 22 heavy (non-hydrogen) atoms. The second-order valence-electron chi connectivity index (χ2n) is 5.69. The first kappa shape index (κ1) is 17.5. The molecule has 6 nitrogen and oxygen atoms in total. The van der Waals surface area contributed by atoms with Crippen molar-refractivity contribution in [1.82, 2.24) is 0 Å². The first-order valence-electron chi connectivity index (χ1n) is 7.25. The molecule has 1 aliphatic carbocycles. The molecule has 8 heteroatoms.